The Labute approximate surface area is 178 Å². The second-order valence-electron chi connectivity index (χ2n) is 6.39. The second kappa shape index (κ2) is 10.2. The van der Waals surface area contributed by atoms with Gasteiger partial charge in [-0.3, -0.25) is 19.7 Å². The number of hydrogen-bond donors (Lipinski definition) is 1. The predicted molar refractivity (Wildman–Crippen MR) is 112 cm³/mol. The zero-order chi connectivity index (χ0) is 21.6. The Hall–Kier alpha value is -2.64. The van der Waals surface area contributed by atoms with Crippen LogP contribution in [0.2, 0.25) is 10.0 Å². The Morgan fingerprint density at radius 1 is 1.17 bits per heavy atom. The van der Waals surface area contributed by atoms with Crippen LogP contribution in [0.15, 0.2) is 42.5 Å². The Morgan fingerprint density at radius 3 is 2.48 bits per heavy atom. The number of nitrogens with zero attached hydrogens (tertiary/aromatic N) is 2. The van der Waals surface area contributed by atoms with E-state index in [1.165, 1.54) is 23.1 Å². The number of likely N-dealkylation sites (N-methyl/N-ethyl adjacent to an activating group) is 1. The number of rotatable bonds is 8. The van der Waals surface area contributed by atoms with Crippen LogP contribution in [0.3, 0.4) is 0 Å². The van der Waals surface area contributed by atoms with Crippen LogP contribution in [0.1, 0.15) is 25.0 Å². The number of amides is 2. The third-order valence-electron chi connectivity index (χ3n) is 4.40. The average molecular weight is 438 g/mol. The molecule has 0 aromatic heterocycles. The van der Waals surface area contributed by atoms with Crippen molar-refractivity contribution in [3.8, 4) is 0 Å². The van der Waals surface area contributed by atoms with Gasteiger partial charge in [0.15, 0.2) is 0 Å². The van der Waals surface area contributed by atoms with Crippen LogP contribution in [-0.4, -0.2) is 34.2 Å². The molecule has 0 saturated heterocycles. The van der Waals surface area contributed by atoms with Crippen LogP contribution in [-0.2, 0) is 22.6 Å². The number of para-hydroxylation sites is 1. The Morgan fingerprint density at radius 2 is 1.86 bits per heavy atom. The van der Waals surface area contributed by atoms with Crippen LogP contribution in [0.25, 0.3) is 0 Å². The van der Waals surface area contributed by atoms with E-state index >= 15 is 0 Å². The van der Waals surface area contributed by atoms with Crippen molar-refractivity contribution in [2.24, 2.45) is 0 Å². The molecule has 0 aliphatic carbocycles. The monoisotopic (exact) mass is 437 g/mol. The fourth-order valence-corrected chi connectivity index (χ4v) is 3.31. The van der Waals surface area contributed by atoms with Crippen molar-refractivity contribution in [2.75, 3.05) is 6.54 Å². The van der Waals surface area contributed by atoms with Crippen molar-refractivity contribution in [1.29, 1.82) is 0 Å². The highest BCUT2D eigenvalue weighted by atomic mass is 35.5. The van der Waals surface area contributed by atoms with Crippen LogP contribution in [0, 0.1) is 10.1 Å². The van der Waals surface area contributed by atoms with E-state index in [1.807, 2.05) is 0 Å². The van der Waals surface area contributed by atoms with Gasteiger partial charge >= 0.3 is 0 Å². The van der Waals surface area contributed by atoms with E-state index < -0.39 is 16.9 Å². The molecule has 0 bridgehead atoms. The number of nitro benzene ring substituents is 1. The number of nitrogens with one attached hydrogen (secondary N) is 1. The van der Waals surface area contributed by atoms with E-state index in [0.29, 0.717) is 22.2 Å². The minimum absolute atomic E-state index is 0.0633. The summed E-state index contributed by atoms with van der Waals surface area (Å²) in [6.07, 6.45) is -0.216. The van der Waals surface area contributed by atoms with E-state index in [2.05, 4.69) is 5.32 Å². The van der Waals surface area contributed by atoms with E-state index in [4.69, 9.17) is 23.2 Å². The molecule has 2 amide bonds. The van der Waals surface area contributed by atoms with Gasteiger partial charge in [0.25, 0.3) is 5.69 Å². The summed E-state index contributed by atoms with van der Waals surface area (Å²) in [5.41, 5.74) is 0.747. The van der Waals surface area contributed by atoms with Gasteiger partial charge < -0.3 is 10.2 Å². The van der Waals surface area contributed by atoms with Crippen molar-refractivity contribution in [2.45, 2.75) is 32.9 Å². The molecule has 1 N–H and O–H groups in total. The van der Waals surface area contributed by atoms with Gasteiger partial charge in [-0.05, 0) is 31.5 Å². The van der Waals surface area contributed by atoms with Gasteiger partial charge in [-0.1, -0.05) is 47.5 Å². The smallest absolute Gasteiger partial charge is 0.273 e. The predicted octanol–water partition coefficient (Wildman–Crippen LogP) is 4.00. The normalized spacial score (nSPS) is 11.6. The maximum absolute atomic E-state index is 13.1. The molecule has 7 nitrogen and oxygen atoms in total. The summed E-state index contributed by atoms with van der Waals surface area (Å²) in [5, 5.41) is 14.8. The molecule has 154 valence electrons. The maximum atomic E-state index is 13.1. The average Bonchev–Trinajstić information content (AvgIpc) is 2.67. The number of carbonyl (C=O) groups excluding carboxylic acids is 2. The molecule has 29 heavy (non-hydrogen) atoms. The summed E-state index contributed by atoms with van der Waals surface area (Å²) in [6.45, 7) is 3.86. The topological polar surface area (TPSA) is 92.6 Å². The Kier molecular flexibility index (Phi) is 7.99. The lowest BCUT2D eigenvalue weighted by atomic mass is 10.1. The van der Waals surface area contributed by atoms with Gasteiger partial charge in [-0.15, -0.1) is 0 Å². The number of halogens is 2. The van der Waals surface area contributed by atoms with Crippen LogP contribution in [0.5, 0.6) is 0 Å². The molecule has 0 fully saturated rings. The van der Waals surface area contributed by atoms with Gasteiger partial charge in [0.2, 0.25) is 11.8 Å². The molecule has 0 aliphatic heterocycles. The van der Waals surface area contributed by atoms with Crippen LogP contribution in [0.4, 0.5) is 5.69 Å². The molecule has 9 heteroatoms. The standard InChI is InChI=1S/C20H21Cl2N3O4/c1-3-23-20(27)13(2)24(12-15-8-9-16(21)11-17(15)22)19(26)10-14-6-4-5-7-18(14)25(28)29/h4-9,11,13H,3,10,12H2,1-2H3,(H,23,27)/t13-/m0/s1. The lowest BCUT2D eigenvalue weighted by molar-refractivity contribution is -0.385. The lowest BCUT2D eigenvalue weighted by Crippen LogP contribution is -2.48. The molecule has 0 radical (unpaired) electrons. The summed E-state index contributed by atoms with van der Waals surface area (Å²) in [7, 11) is 0. The SMILES string of the molecule is CCNC(=O)[C@H](C)N(Cc1ccc(Cl)cc1Cl)C(=O)Cc1ccccc1[N+](=O)[O-]. The fraction of sp³-hybridized carbons (Fsp3) is 0.300. The minimum atomic E-state index is -0.794. The first kappa shape index (κ1) is 22.6. The minimum Gasteiger partial charge on any atom is -0.355 e. The molecule has 2 rings (SSSR count). The van der Waals surface area contributed by atoms with Gasteiger partial charge in [0, 0.05) is 34.8 Å². The van der Waals surface area contributed by atoms with Crippen molar-refractivity contribution < 1.29 is 14.5 Å². The molecule has 0 spiro atoms. The van der Waals surface area contributed by atoms with E-state index in [9.17, 15) is 19.7 Å². The van der Waals surface area contributed by atoms with Crippen molar-refractivity contribution in [3.05, 3.63) is 73.8 Å². The molecule has 2 aromatic carbocycles. The highest BCUT2D eigenvalue weighted by Gasteiger charge is 2.28. The molecular weight excluding hydrogens is 417 g/mol. The van der Waals surface area contributed by atoms with Crippen molar-refractivity contribution >= 4 is 40.7 Å². The first-order chi connectivity index (χ1) is 13.7. The summed E-state index contributed by atoms with van der Waals surface area (Å²) in [4.78, 5) is 37.5. The quantitative estimate of drug-likeness (QED) is 0.498. The Bertz CT molecular complexity index is 920. The fourth-order valence-electron chi connectivity index (χ4n) is 2.84. The van der Waals surface area contributed by atoms with Crippen molar-refractivity contribution in [3.63, 3.8) is 0 Å². The van der Waals surface area contributed by atoms with E-state index in [0.717, 1.165) is 0 Å². The van der Waals surface area contributed by atoms with Gasteiger partial charge in [-0.2, -0.15) is 0 Å². The molecule has 2 aromatic rings. The molecule has 0 saturated carbocycles. The molecular formula is C20H21Cl2N3O4. The summed E-state index contributed by atoms with van der Waals surface area (Å²) < 4.78 is 0. The number of benzene rings is 2. The third kappa shape index (κ3) is 5.92. The zero-order valence-corrected chi connectivity index (χ0v) is 17.5. The maximum Gasteiger partial charge on any atom is 0.273 e. The molecule has 0 heterocycles. The first-order valence-corrected chi connectivity index (χ1v) is 9.73. The summed E-state index contributed by atoms with van der Waals surface area (Å²) >= 11 is 12.2. The first-order valence-electron chi connectivity index (χ1n) is 8.98. The van der Waals surface area contributed by atoms with Gasteiger partial charge in [0.1, 0.15) is 6.04 Å². The number of nitro groups is 1. The largest absolute Gasteiger partial charge is 0.355 e. The number of carbonyl (C=O) groups is 2. The molecule has 1 atom stereocenters. The third-order valence-corrected chi connectivity index (χ3v) is 4.99. The number of hydrogen-bond acceptors (Lipinski definition) is 4. The van der Waals surface area contributed by atoms with Gasteiger partial charge in [-0.25, -0.2) is 0 Å². The highest BCUT2D eigenvalue weighted by molar-refractivity contribution is 6.35. The van der Waals surface area contributed by atoms with Crippen LogP contribution < -0.4 is 5.32 Å². The van der Waals surface area contributed by atoms with Crippen LogP contribution >= 0.6 is 23.2 Å². The Balaban J connectivity index is 2.34. The van der Waals surface area contributed by atoms with Crippen molar-refractivity contribution in [1.82, 2.24) is 10.2 Å². The summed E-state index contributed by atoms with van der Waals surface area (Å²) in [6, 6.07) is 10.1. The zero-order valence-electron chi connectivity index (χ0n) is 16.0. The summed E-state index contributed by atoms with van der Waals surface area (Å²) in [5.74, 6) is -0.752. The second-order valence-corrected chi connectivity index (χ2v) is 7.23. The molecule has 0 unspecified atom stereocenters. The highest BCUT2D eigenvalue weighted by Crippen LogP contribution is 2.24. The lowest BCUT2D eigenvalue weighted by Gasteiger charge is -2.29. The molecule has 0 aliphatic rings. The van der Waals surface area contributed by atoms with E-state index in [1.54, 1.807) is 38.1 Å². The van der Waals surface area contributed by atoms with Gasteiger partial charge in [0.05, 0.1) is 11.3 Å². The van der Waals surface area contributed by atoms with E-state index in [-0.39, 0.29) is 30.1 Å².